The van der Waals surface area contributed by atoms with Crippen LogP contribution in [0.25, 0.3) is 22.1 Å². The first-order valence-electron chi connectivity index (χ1n) is 9.60. The van der Waals surface area contributed by atoms with Crippen LogP contribution in [0.4, 0.5) is 0 Å². The Hall–Kier alpha value is -3.41. The molecule has 2 heterocycles. The fraction of sp³-hybridized carbons (Fsp3) is 0.261. The maximum Gasteiger partial charge on any atom is 0.344 e. The maximum atomic E-state index is 13.0. The molecule has 0 saturated carbocycles. The lowest BCUT2D eigenvalue weighted by Crippen LogP contribution is -2.47. The smallest absolute Gasteiger partial charge is 0.344 e. The summed E-state index contributed by atoms with van der Waals surface area (Å²) in [6.07, 6.45) is 1.09. The van der Waals surface area contributed by atoms with Gasteiger partial charge < -0.3 is 15.1 Å². The van der Waals surface area contributed by atoms with Gasteiger partial charge in [0.05, 0.1) is 5.56 Å². The molecule has 1 aromatic heterocycles. The highest BCUT2D eigenvalue weighted by atomic mass is 16.4. The molecule has 2 aromatic carbocycles. The van der Waals surface area contributed by atoms with Crippen LogP contribution in [0.2, 0.25) is 0 Å². The van der Waals surface area contributed by atoms with Gasteiger partial charge in [-0.2, -0.15) is 0 Å². The van der Waals surface area contributed by atoms with E-state index in [0.717, 1.165) is 5.39 Å². The molecule has 2 N–H and O–H groups in total. The lowest BCUT2D eigenvalue weighted by atomic mass is 9.79. The zero-order valence-electron chi connectivity index (χ0n) is 16.2. The van der Waals surface area contributed by atoms with Crippen molar-refractivity contribution in [3.8, 4) is 11.1 Å². The summed E-state index contributed by atoms with van der Waals surface area (Å²) < 4.78 is 5.41. The zero-order valence-corrected chi connectivity index (χ0v) is 16.2. The molecule has 6 nitrogen and oxygen atoms in total. The van der Waals surface area contributed by atoms with Crippen LogP contribution in [0, 0.1) is 5.41 Å². The van der Waals surface area contributed by atoms with Crippen LogP contribution < -0.4 is 11.4 Å². The molecule has 1 aliphatic rings. The van der Waals surface area contributed by atoms with Gasteiger partial charge in [-0.25, -0.2) is 4.79 Å². The third kappa shape index (κ3) is 3.53. The fourth-order valence-electron chi connectivity index (χ4n) is 3.72. The molecule has 29 heavy (non-hydrogen) atoms. The Kier molecular flexibility index (Phi) is 4.70. The third-order valence-corrected chi connectivity index (χ3v) is 5.81. The van der Waals surface area contributed by atoms with Crippen molar-refractivity contribution >= 4 is 22.8 Å². The standard InChI is InChI=1S/C23H22N2O4/c1-23(22(24)28)9-11-25(12-10-23)20(26)17-7-4-6-15(13-17)18-14-16-5-2-3-8-19(16)29-21(18)27/h2-8,13-14H,9-12H2,1H3,(H2,24,28). The summed E-state index contributed by atoms with van der Waals surface area (Å²) in [5.74, 6) is -0.446. The second kappa shape index (κ2) is 7.20. The Morgan fingerprint density at radius 3 is 2.48 bits per heavy atom. The second-order valence-corrected chi connectivity index (χ2v) is 7.78. The normalized spacial score (nSPS) is 16.0. The van der Waals surface area contributed by atoms with Crippen LogP contribution in [0.1, 0.15) is 30.1 Å². The molecular weight excluding hydrogens is 368 g/mol. The van der Waals surface area contributed by atoms with E-state index >= 15 is 0 Å². The van der Waals surface area contributed by atoms with Gasteiger partial charge in [0.2, 0.25) is 5.91 Å². The van der Waals surface area contributed by atoms with E-state index in [9.17, 15) is 14.4 Å². The summed E-state index contributed by atoms with van der Waals surface area (Å²) in [6.45, 7) is 2.79. The summed E-state index contributed by atoms with van der Waals surface area (Å²) in [4.78, 5) is 38.8. The van der Waals surface area contributed by atoms with E-state index in [0.29, 0.717) is 48.2 Å². The Labute approximate surface area is 167 Å². The molecule has 148 valence electrons. The van der Waals surface area contributed by atoms with Crippen LogP contribution in [0.15, 0.2) is 63.8 Å². The number of carbonyl (C=O) groups is 2. The van der Waals surface area contributed by atoms with Crippen molar-refractivity contribution in [2.75, 3.05) is 13.1 Å². The maximum absolute atomic E-state index is 13.0. The lowest BCUT2D eigenvalue weighted by molar-refractivity contribution is -0.129. The molecular formula is C23H22N2O4. The summed E-state index contributed by atoms with van der Waals surface area (Å²) in [5.41, 5.74) is 6.56. The van der Waals surface area contributed by atoms with Crippen molar-refractivity contribution < 1.29 is 14.0 Å². The Balaban J connectivity index is 1.61. The van der Waals surface area contributed by atoms with Crippen LogP contribution in [0.5, 0.6) is 0 Å². The first kappa shape index (κ1) is 18.9. The minimum atomic E-state index is -0.567. The van der Waals surface area contributed by atoms with Crippen molar-refractivity contribution in [3.63, 3.8) is 0 Å². The first-order valence-corrected chi connectivity index (χ1v) is 9.60. The highest BCUT2D eigenvalue weighted by molar-refractivity contribution is 5.96. The van der Waals surface area contributed by atoms with Crippen LogP contribution in [-0.2, 0) is 4.79 Å². The number of hydrogen-bond donors (Lipinski definition) is 1. The van der Waals surface area contributed by atoms with Gasteiger partial charge in [0.25, 0.3) is 5.91 Å². The predicted octanol–water partition coefficient (Wildman–Crippen LogP) is 3.19. The molecule has 0 spiro atoms. The van der Waals surface area contributed by atoms with Gasteiger partial charge in [0.1, 0.15) is 5.58 Å². The monoisotopic (exact) mass is 390 g/mol. The molecule has 2 amide bonds. The molecule has 0 bridgehead atoms. The van der Waals surface area contributed by atoms with E-state index in [1.165, 1.54) is 0 Å². The minimum absolute atomic E-state index is 0.122. The third-order valence-electron chi connectivity index (χ3n) is 5.81. The van der Waals surface area contributed by atoms with Crippen molar-refractivity contribution in [1.29, 1.82) is 0 Å². The molecule has 1 fully saturated rings. The number of para-hydroxylation sites is 1. The number of carbonyl (C=O) groups excluding carboxylic acids is 2. The summed E-state index contributed by atoms with van der Waals surface area (Å²) in [6, 6.07) is 16.1. The van der Waals surface area contributed by atoms with E-state index in [1.807, 2.05) is 25.1 Å². The summed E-state index contributed by atoms with van der Waals surface area (Å²) in [7, 11) is 0. The van der Waals surface area contributed by atoms with Crippen LogP contribution in [0.3, 0.4) is 0 Å². The van der Waals surface area contributed by atoms with Gasteiger partial charge in [0.15, 0.2) is 0 Å². The number of rotatable bonds is 3. The molecule has 0 atom stereocenters. The average molecular weight is 390 g/mol. The Morgan fingerprint density at radius 2 is 1.76 bits per heavy atom. The number of hydrogen-bond acceptors (Lipinski definition) is 4. The van der Waals surface area contributed by atoms with E-state index in [-0.39, 0.29) is 11.8 Å². The molecule has 1 aliphatic heterocycles. The SMILES string of the molecule is CC1(C(N)=O)CCN(C(=O)c2cccc(-c3cc4ccccc4oc3=O)c2)CC1. The van der Waals surface area contributed by atoms with E-state index < -0.39 is 11.0 Å². The molecule has 0 radical (unpaired) electrons. The highest BCUT2D eigenvalue weighted by Crippen LogP contribution is 2.31. The van der Waals surface area contributed by atoms with Gasteiger partial charge in [-0.1, -0.05) is 37.3 Å². The Bertz CT molecular complexity index is 1160. The zero-order chi connectivity index (χ0) is 20.6. The van der Waals surface area contributed by atoms with Crippen LogP contribution in [-0.4, -0.2) is 29.8 Å². The largest absolute Gasteiger partial charge is 0.422 e. The number of amides is 2. The van der Waals surface area contributed by atoms with Gasteiger partial charge in [-0.15, -0.1) is 0 Å². The Morgan fingerprint density at radius 1 is 1.03 bits per heavy atom. The van der Waals surface area contributed by atoms with E-state index in [4.69, 9.17) is 10.2 Å². The van der Waals surface area contributed by atoms with E-state index in [2.05, 4.69) is 0 Å². The van der Waals surface area contributed by atoms with Gasteiger partial charge in [-0.05, 0) is 42.7 Å². The van der Waals surface area contributed by atoms with Crippen LogP contribution >= 0.6 is 0 Å². The van der Waals surface area contributed by atoms with Crippen molar-refractivity contribution in [2.45, 2.75) is 19.8 Å². The van der Waals surface area contributed by atoms with E-state index in [1.54, 1.807) is 41.3 Å². The number of benzene rings is 2. The number of piperidine rings is 1. The molecule has 6 heteroatoms. The second-order valence-electron chi connectivity index (χ2n) is 7.78. The number of primary amides is 1. The number of likely N-dealkylation sites (tertiary alicyclic amines) is 1. The van der Waals surface area contributed by atoms with Gasteiger partial charge in [0, 0.05) is 29.5 Å². The van der Waals surface area contributed by atoms with Crippen molar-refractivity contribution in [2.24, 2.45) is 11.1 Å². The quantitative estimate of drug-likeness (QED) is 0.695. The van der Waals surface area contributed by atoms with Gasteiger partial charge >= 0.3 is 5.63 Å². The lowest BCUT2D eigenvalue weighted by Gasteiger charge is -2.37. The fourth-order valence-corrected chi connectivity index (χ4v) is 3.72. The molecule has 0 unspecified atom stereocenters. The highest BCUT2D eigenvalue weighted by Gasteiger charge is 2.36. The average Bonchev–Trinajstić information content (AvgIpc) is 2.73. The first-order chi connectivity index (χ1) is 13.9. The molecule has 4 rings (SSSR count). The summed E-state index contributed by atoms with van der Waals surface area (Å²) in [5, 5.41) is 0.820. The molecule has 1 saturated heterocycles. The van der Waals surface area contributed by atoms with Gasteiger partial charge in [-0.3, -0.25) is 9.59 Å². The minimum Gasteiger partial charge on any atom is -0.422 e. The number of nitrogens with zero attached hydrogens (tertiary/aromatic N) is 1. The van der Waals surface area contributed by atoms with Crippen molar-refractivity contribution in [1.82, 2.24) is 4.90 Å². The predicted molar refractivity (Wildman–Crippen MR) is 110 cm³/mol. The summed E-state index contributed by atoms with van der Waals surface area (Å²) >= 11 is 0. The number of fused-ring (bicyclic) bond motifs is 1. The topological polar surface area (TPSA) is 93.6 Å². The number of nitrogens with two attached hydrogens (primary N) is 1. The van der Waals surface area contributed by atoms with Crippen molar-refractivity contribution in [3.05, 3.63) is 70.6 Å². The molecule has 0 aliphatic carbocycles. The molecule has 3 aromatic rings.